The van der Waals surface area contributed by atoms with Crippen LogP contribution in [0, 0.1) is 0 Å². The van der Waals surface area contributed by atoms with Crippen LogP contribution in [0.1, 0.15) is 0 Å². The molecule has 7 rings (SSSR count). The zero-order valence-electron chi connectivity index (χ0n) is 20.2. The predicted molar refractivity (Wildman–Crippen MR) is 157 cm³/mol. The highest BCUT2D eigenvalue weighted by Crippen LogP contribution is 2.39. The fourth-order valence-electron chi connectivity index (χ4n) is 4.81. The van der Waals surface area contributed by atoms with Crippen molar-refractivity contribution in [1.82, 2.24) is 15.0 Å². The van der Waals surface area contributed by atoms with Crippen molar-refractivity contribution in [3.63, 3.8) is 0 Å². The summed E-state index contributed by atoms with van der Waals surface area (Å²) < 4.78 is 7.33. The topological polar surface area (TPSA) is 51.8 Å². The van der Waals surface area contributed by atoms with Gasteiger partial charge < -0.3 is 4.42 Å². The fourth-order valence-corrected chi connectivity index (χ4v) is 5.32. The number of halogens is 1. The van der Waals surface area contributed by atoms with E-state index < -0.39 is 0 Å². The van der Waals surface area contributed by atoms with Gasteiger partial charge in [0.05, 0.1) is 0 Å². The molecule has 0 aliphatic carbocycles. The van der Waals surface area contributed by atoms with E-state index in [-0.39, 0.29) is 0 Å². The van der Waals surface area contributed by atoms with Crippen molar-refractivity contribution in [2.75, 3.05) is 0 Å². The highest BCUT2D eigenvalue weighted by Gasteiger charge is 2.18. The summed E-state index contributed by atoms with van der Waals surface area (Å²) in [7, 11) is 0. The van der Waals surface area contributed by atoms with E-state index in [0.29, 0.717) is 17.5 Å². The summed E-state index contributed by atoms with van der Waals surface area (Å²) >= 11 is 3.70. The molecule has 7 aromatic rings. The van der Waals surface area contributed by atoms with Gasteiger partial charge in [0.15, 0.2) is 17.5 Å². The number of nitrogens with zero attached hydrogens (tertiary/aromatic N) is 3. The van der Waals surface area contributed by atoms with Crippen LogP contribution in [0.4, 0.5) is 0 Å². The molecule has 0 amide bonds. The maximum atomic E-state index is 6.28. The van der Waals surface area contributed by atoms with E-state index >= 15 is 0 Å². The van der Waals surface area contributed by atoms with Crippen LogP contribution in [-0.2, 0) is 0 Å². The molecular formula is C33H20BrN3O. The van der Waals surface area contributed by atoms with E-state index in [9.17, 15) is 0 Å². The van der Waals surface area contributed by atoms with Gasteiger partial charge in [-0.2, -0.15) is 0 Å². The van der Waals surface area contributed by atoms with Gasteiger partial charge >= 0.3 is 0 Å². The van der Waals surface area contributed by atoms with Crippen molar-refractivity contribution in [1.29, 1.82) is 0 Å². The highest BCUT2D eigenvalue weighted by atomic mass is 79.9. The van der Waals surface area contributed by atoms with Crippen LogP contribution in [0.25, 0.3) is 67.2 Å². The first kappa shape index (κ1) is 22.6. The van der Waals surface area contributed by atoms with Crippen LogP contribution in [0.5, 0.6) is 0 Å². The molecule has 2 heterocycles. The molecule has 0 bridgehead atoms. The Hall–Kier alpha value is -4.61. The monoisotopic (exact) mass is 553 g/mol. The average molecular weight is 554 g/mol. The number of rotatable bonds is 4. The first-order valence-corrected chi connectivity index (χ1v) is 13.1. The normalized spacial score (nSPS) is 11.3. The van der Waals surface area contributed by atoms with Gasteiger partial charge in [-0.25, -0.2) is 15.0 Å². The first-order valence-electron chi connectivity index (χ1n) is 12.3. The lowest BCUT2D eigenvalue weighted by atomic mass is 10.0. The van der Waals surface area contributed by atoms with Crippen LogP contribution >= 0.6 is 15.9 Å². The number of hydrogen-bond acceptors (Lipinski definition) is 4. The number of benzene rings is 5. The van der Waals surface area contributed by atoms with Gasteiger partial charge in [-0.05, 0) is 35.4 Å². The molecule has 0 N–H and O–H groups in total. The van der Waals surface area contributed by atoms with Gasteiger partial charge in [-0.3, -0.25) is 0 Å². The highest BCUT2D eigenvalue weighted by molar-refractivity contribution is 9.10. The summed E-state index contributed by atoms with van der Waals surface area (Å²) in [6, 6.07) is 40.6. The van der Waals surface area contributed by atoms with Crippen LogP contribution < -0.4 is 0 Å². The van der Waals surface area contributed by atoms with Crippen molar-refractivity contribution >= 4 is 37.9 Å². The van der Waals surface area contributed by atoms with E-state index in [4.69, 9.17) is 19.4 Å². The van der Waals surface area contributed by atoms with Crippen LogP contribution in [0.15, 0.2) is 130 Å². The Balaban J connectivity index is 1.49. The van der Waals surface area contributed by atoms with Crippen molar-refractivity contribution in [3.05, 3.63) is 126 Å². The molecule has 5 aromatic carbocycles. The van der Waals surface area contributed by atoms with Crippen LogP contribution in [0.3, 0.4) is 0 Å². The van der Waals surface area contributed by atoms with E-state index in [0.717, 1.165) is 54.2 Å². The maximum absolute atomic E-state index is 6.28. The molecule has 4 nitrogen and oxygen atoms in total. The third-order valence-corrected chi connectivity index (χ3v) is 7.31. The zero-order chi connectivity index (χ0) is 25.5. The minimum atomic E-state index is 0.609. The van der Waals surface area contributed by atoms with Gasteiger partial charge in [0, 0.05) is 31.9 Å². The Morgan fingerprint density at radius 2 is 1.08 bits per heavy atom. The molecule has 0 saturated carbocycles. The summed E-state index contributed by atoms with van der Waals surface area (Å²) in [6.45, 7) is 0. The molecule has 0 aliphatic rings. The molecular weight excluding hydrogens is 534 g/mol. The van der Waals surface area contributed by atoms with E-state index in [1.54, 1.807) is 0 Å². The average Bonchev–Trinajstić information content (AvgIpc) is 3.36. The summed E-state index contributed by atoms with van der Waals surface area (Å²) in [4.78, 5) is 14.8. The second kappa shape index (κ2) is 9.36. The molecule has 0 saturated heterocycles. The second-order valence-corrected chi connectivity index (χ2v) is 9.86. The molecule has 0 spiro atoms. The molecule has 2 aromatic heterocycles. The number of hydrogen-bond donors (Lipinski definition) is 0. The van der Waals surface area contributed by atoms with Gasteiger partial charge in [-0.15, -0.1) is 0 Å². The molecule has 5 heteroatoms. The smallest absolute Gasteiger partial charge is 0.164 e. The Kier molecular flexibility index (Phi) is 5.56. The molecule has 180 valence electrons. The second-order valence-electron chi connectivity index (χ2n) is 9.01. The van der Waals surface area contributed by atoms with E-state index in [1.807, 2.05) is 91.0 Å². The number of aromatic nitrogens is 3. The van der Waals surface area contributed by atoms with Gasteiger partial charge in [-0.1, -0.05) is 113 Å². The van der Waals surface area contributed by atoms with E-state index in [1.165, 1.54) is 0 Å². The summed E-state index contributed by atoms with van der Waals surface area (Å²) in [5.74, 6) is 1.87. The largest absolute Gasteiger partial charge is 0.456 e. The Morgan fingerprint density at radius 1 is 0.474 bits per heavy atom. The predicted octanol–water partition coefficient (Wildman–Crippen LogP) is 9.20. The minimum Gasteiger partial charge on any atom is -0.456 e. The molecule has 0 atom stereocenters. The van der Waals surface area contributed by atoms with E-state index in [2.05, 4.69) is 46.3 Å². The third-order valence-electron chi connectivity index (χ3n) is 6.62. The Morgan fingerprint density at radius 3 is 1.76 bits per heavy atom. The molecule has 38 heavy (non-hydrogen) atoms. The standard InChI is InChI=1S/C33H20BrN3O/c34-27-16-8-7-14-24(27)23-18-19-28-26(20-23)30-25(15-9-17-29(30)38-28)33-36-31(21-10-3-1-4-11-21)35-32(37-33)22-12-5-2-6-13-22/h1-20H. The van der Waals surface area contributed by atoms with Crippen LogP contribution in [-0.4, -0.2) is 15.0 Å². The molecule has 0 radical (unpaired) electrons. The first-order chi connectivity index (χ1) is 18.7. The third kappa shape index (κ3) is 3.98. The molecule has 0 aliphatic heterocycles. The quantitative estimate of drug-likeness (QED) is 0.218. The van der Waals surface area contributed by atoms with Gasteiger partial charge in [0.25, 0.3) is 0 Å². The number of furan rings is 1. The Labute approximate surface area is 227 Å². The lowest BCUT2D eigenvalue weighted by Crippen LogP contribution is -2.00. The summed E-state index contributed by atoms with van der Waals surface area (Å²) in [6.07, 6.45) is 0. The van der Waals surface area contributed by atoms with Crippen molar-refractivity contribution in [2.24, 2.45) is 0 Å². The number of fused-ring (bicyclic) bond motifs is 3. The lowest BCUT2D eigenvalue weighted by Gasteiger charge is -2.09. The Bertz CT molecular complexity index is 1870. The van der Waals surface area contributed by atoms with Crippen LogP contribution in [0.2, 0.25) is 0 Å². The zero-order valence-corrected chi connectivity index (χ0v) is 21.8. The van der Waals surface area contributed by atoms with Gasteiger partial charge in [0.1, 0.15) is 11.2 Å². The van der Waals surface area contributed by atoms with Crippen molar-refractivity contribution in [3.8, 4) is 45.3 Å². The van der Waals surface area contributed by atoms with Crippen molar-refractivity contribution < 1.29 is 4.42 Å². The lowest BCUT2D eigenvalue weighted by molar-refractivity contribution is 0.669. The van der Waals surface area contributed by atoms with Gasteiger partial charge in [0.2, 0.25) is 0 Å². The van der Waals surface area contributed by atoms with Crippen molar-refractivity contribution in [2.45, 2.75) is 0 Å². The molecule has 0 unspecified atom stereocenters. The SMILES string of the molecule is Brc1ccccc1-c1ccc2oc3cccc(-c4nc(-c5ccccc5)nc(-c5ccccc5)n4)c3c2c1. The minimum absolute atomic E-state index is 0.609. The summed E-state index contributed by atoms with van der Waals surface area (Å²) in [5.41, 5.74) is 6.63. The fraction of sp³-hybridized carbons (Fsp3) is 0. The maximum Gasteiger partial charge on any atom is 0.164 e. The molecule has 0 fully saturated rings. The summed E-state index contributed by atoms with van der Waals surface area (Å²) in [5, 5.41) is 2.01.